The molecule has 0 saturated carbocycles. The lowest BCUT2D eigenvalue weighted by molar-refractivity contribution is 0.0963. The molecule has 4 aromatic rings. The molecule has 1 aliphatic rings. The van der Waals surface area contributed by atoms with Crippen LogP contribution in [0.15, 0.2) is 41.3 Å². The zero-order chi connectivity index (χ0) is 19.3. The van der Waals surface area contributed by atoms with E-state index in [0.717, 1.165) is 36.3 Å². The minimum Gasteiger partial charge on any atom is -0.376 e. The fraction of sp³-hybridized carbons (Fsp3) is 0.300. The first kappa shape index (κ1) is 17.3. The third-order valence-corrected chi connectivity index (χ3v) is 5.44. The van der Waals surface area contributed by atoms with Crippen molar-refractivity contribution in [1.29, 1.82) is 0 Å². The van der Waals surface area contributed by atoms with Gasteiger partial charge in [0.2, 0.25) is 0 Å². The van der Waals surface area contributed by atoms with Crippen LogP contribution in [0.1, 0.15) is 18.5 Å². The molecule has 0 unspecified atom stereocenters. The molecule has 1 aliphatic heterocycles. The molecule has 1 fully saturated rings. The highest BCUT2D eigenvalue weighted by molar-refractivity contribution is 6.30. The molecule has 0 N–H and O–H groups in total. The van der Waals surface area contributed by atoms with E-state index in [-0.39, 0.29) is 11.7 Å². The third kappa shape index (κ3) is 2.78. The van der Waals surface area contributed by atoms with Crippen molar-refractivity contribution in [2.24, 2.45) is 0 Å². The van der Waals surface area contributed by atoms with Gasteiger partial charge in [0, 0.05) is 17.8 Å². The van der Waals surface area contributed by atoms with Crippen LogP contribution in [0.3, 0.4) is 0 Å². The number of ether oxygens (including phenoxy) is 1. The smallest absolute Gasteiger partial charge is 0.280 e. The molecule has 0 amide bonds. The number of halogens is 1. The minimum atomic E-state index is -0.177. The lowest BCUT2D eigenvalue weighted by atomic mass is 10.1. The van der Waals surface area contributed by atoms with Crippen molar-refractivity contribution < 1.29 is 4.74 Å². The number of hydrogen-bond donors (Lipinski definition) is 0. The van der Waals surface area contributed by atoms with E-state index in [1.54, 1.807) is 15.3 Å². The predicted molar refractivity (Wildman–Crippen MR) is 107 cm³/mol. The van der Waals surface area contributed by atoms with Crippen LogP contribution in [0.2, 0.25) is 5.02 Å². The Kier molecular flexibility index (Phi) is 4.14. The molecular formula is C20H18ClN5O2. The fourth-order valence-corrected chi connectivity index (χ4v) is 3.92. The monoisotopic (exact) mass is 395 g/mol. The summed E-state index contributed by atoms with van der Waals surface area (Å²) in [6.45, 7) is 3.21. The van der Waals surface area contributed by atoms with Gasteiger partial charge in [0.15, 0.2) is 11.2 Å². The van der Waals surface area contributed by atoms with Gasteiger partial charge in [-0.1, -0.05) is 23.7 Å². The van der Waals surface area contributed by atoms with Crippen molar-refractivity contribution in [2.75, 3.05) is 6.61 Å². The second kappa shape index (κ2) is 6.68. The first-order chi connectivity index (χ1) is 13.6. The number of rotatable bonds is 3. The van der Waals surface area contributed by atoms with Gasteiger partial charge in [0.1, 0.15) is 5.52 Å². The van der Waals surface area contributed by atoms with E-state index >= 15 is 0 Å². The van der Waals surface area contributed by atoms with Crippen molar-refractivity contribution >= 4 is 28.3 Å². The topological polar surface area (TPSA) is 74.3 Å². The molecule has 28 heavy (non-hydrogen) atoms. The third-order valence-electron chi connectivity index (χ3n) is 5.18. The molecule has 1 atom stereocenters. The van der Waals surface area contributed by atoms with Gasteiger partial charge in [-0.05, 0) is 43.5 Å². The van der Waals surface area contributed by atoms with Gasteiger partial charge >= 0.3 is 0 Å². The number of pyridine rings is 1. The Morgan fingerprint density at radius 3 is 2.79 bits per heavy atom. The highest BCUT2D eigenvalue weighted by Crippen LogP contribution is 2.29. The second-order valence-electron chi connectivity index (χ2n) is 7.04. The Labute approximate surface area is 165 Å². The first-order valence-electron chi connectivity index (χ1n) is 9.24. The molecular weight excluding hydrogens is 378 g/mol. The van der Waals surface area contributed by atoms with Crippen LogP contribution in [0.5, 0.6) is 0 Å². The quantitative estimate of drug-likeness (QED) is 0.532. The summed E-state index contributed by atoms with van der Waals surface area (Å²) in [7, 11) is 0. The van der Waals surface area contributed by atoms with Crippen LogP contribution < -0.4 is 5.56 Å². The van der Waals surface area contributed by atoms with Crippen LogP contribution in [0.4, 0.5) is 0 Å². The van der Waals surface area contributed by atoms with Crippen molar-refractivity contribution in [3.8, 4) is 11.1 Å². The highest BCUT2D eigenvalue weighted by Gasteiger charge is 2.20. The van der Waals surface area contributed by atoms with E-state index in [0.29, 0.717) is 28.2 Å². The van der Waals surface area contributed by atoms with Crippen LogP contribution in [-0.4, -0.2) is 37.1 Å². The zero-order valence-corrected chi connectivity index (χ0v) is 16.1. The average molecular weight is 396 g/mol. The number of fused-ring (bicyclic) bond motifs is 3. The predicted octanol–water partition coefficient (Wildman–Crippen LogP) is 3.25. The molecule has 0 bridgehead atoms. The Bertz CT molecular complexity index is 1240. The summed E-state index contributed by atoms with van der Waals surface area (Å²) < 4.78 is 8.99. The molecule has 0 spiro atoms. The largest absolute Gasteiger partial charge is 0.376 e. The Hall–Kier alpha value is -2.77. The summed E-state index contributed by atoms with van der Waals surface area (Å²) in [6.07, 6.45) is 3.87. The number of aromatic nitrogens is 5. The van der Waals surface area contributed by atoms with Crippen LogP contribution in [-0.2, 0) is 11.3 Å². The van der Waals surface area contributed by atoms with Crippen molar-refractivity contribution in [1.82, 2.24) is 24.4 Å². The van der Waals surface area contributed by atoms with E-state index < -0.39 is 0 Å². The summed E-state index contributed by atoms with van der Waals surface area (Å²) in [5.74, 6) is 0. The van der Waals surface area contributed by atoms with Gasteiger partial charge in [0.05, 0.1) is 23.9 Å². The molecule has 1 saturated heterocycles. The summed E-state index contributed by atoms with van der Waals surface area (Å²) in [6, 6.07) is 9.39. The zero-order valence-electron chi connectivity index (χ0n) is 15.3. The van der Waals surface area contributed by atoms with Gasteiger partial charge in [0.25, 0.3) is 5.56 Å². The summed E-state index contributed by atoms with van der Waals surface area (Å²) in [5.41, 5.74) is 4.03. The molecule has 5 rings (SSSR count). The molecule has 4 heterocycles. The number of aryl methyl sites for hydroxylation is 1. The lowest BCUT2D eigenvalue weighted by Gasteiger charge is -2.12. The van der Waals surface area contributed by atoms with Crippen molar-refractivity contribution in [3.05, 3.63) is 57.6 Å². The molecule has 0 radical (unpaired) electrons. The van der Waals surface area contributed by atoms with Crippen molar-refractivity contribution in [2.45, 2.75) is 32.4 Å². The highest BCUT2D eigenvalue weighted by atomic mass is 35.5. The molecule has 7 nitrogen and oxygen atoms in total. The Morgan fingerprint density at radius 2 is 2.04 bits per heavy atom. The van der Waals surface area contributed by atoms with E-state index in [2.05, 4.69) is 15.3 Å². The van der Waals surface area contributed by atoms with Gasteiger partial charge in [-0.3, -0.25) is 4.79 Å². The van der Waals surface area contributed by atoms with E-state index in [9.17, 15) is 4.79 Å². The van der Waals surface area contributed by atoms with Gasteiger partial charge in [-0.25, -0.2) is 4.52 Å². The molecule has 3 aromatic heterocycles. The Morgan fingerprint density at radius 1 is 1.21 bits per heavy atom. The minimum absolute atomic E-state index is 0.0790. The second-order valence-corrected chi connectivity index (χ2v) is 7.48. The maximum atomic E-state index is 12.9. The number of hydrogen-bond acceptors (Lipinski definition) is 5. The molecule has 142 valence electrons. The number of nitrogens with zero attached hydrogens (tertiary/aromatic N) is 5. The lowest BCUT2D eigenvalue weighted by Crippen LogP contribution is -2.27. The summed E-state index contributed by atoms with van der Waals surface area (Å²) in [5, 5.41) is 13.9. The van der Waals surface area contributed by atoms with Gasteiger partial charge < -0.3 is 9.30 Å². The van der Waals surface area contributed by atoms with E-state index in [1.807, 2.05) is 37.3 Å². The Balaban J connectivity index is 1.66. The SMILES string of the molecule is Cc1nn2c(nnc3c(=O)n(C[C@@H]4CCCO4)ccc32)c1-c1ccc(Cl)cc1. The van der Waals surface area contributed by atoms with Crippen LogP contribution in [0.25, 0.3) is 27.8 Å². The van der Waals surface area contributed by atoms with Gasteiger partial charge in [-0.15, -0.1) is 10.2 Å². The first-order valence-corrected chi connectivity index (χ1v) is 9.62. The standard InChI is InChI=1S/C20H18ClN5O2/c1-12-17(13-4-6-14(21)7-5-13)19-23-22-18-16(26(19)24-12)8-9-25(20(18)27)11-15-3-2-10-28-15/h4-9,15H,2-3,10-11H2,1H3/t15-/m0/s1. The fourth-order valence-electron chi connectivity index (χ4n) is 3.80. The molecule has 1 aromatic carbocycles. The normalized spacial score (nSPS) is 17.0. The van der Waals surface area contributed by atoms with Crippen molar-refractivity contribution in [3.63, 3.8) is 0 Å². The van der Waals surface area contributed by atoms with Gasteiger partial charge in [-0.2, -0.15) is 5.10 Å². The van der Waals surface area contributed by atoms with Crippen LogP contribution >= 0.6 is 11.6 Å². The molecule has 8 heteroatoms. The molecule has 0 aliphatic carbocycles. The number of benzene rings is 1. The maximum absolute atomic E-state index is 12.9. The van der Waals surface area contributed by atoms with E-state index in [4.69, 9.17) is 16.3 Å². The van der Waals surface area contributed by atoms with E-state index in [1.165, 1.54) is 0 Å². The average Bonchev–Trinajstić information content (AvgIpc) is 3.32. The summed E-state index contributed by atoms with van der Waals surface area (Å²) >= 11 is 6.01. The maximum Gasteiger partial charge on any atom is 0.280 e. The van der Waals surface area contributed by atoms with Crippen LogP contribution in [0, 0.1) is 6.92 Å². The summed E-state index contributed by atoms with van der Waals surface area (Å²) in [4.78, 5) is 12.9.